The zero-order valence-corrected chi connectivity index (χ0v) is 29.2. The van der Waals surface area contributed by atoms with Crippen molar-refractivity contribution in [1.29, 1.82) is 0 Å². The van der Waals surface area contributed by atoms with Crippen molar-refractivity contribution in [2.24, 2.45) is 29.6 Å². The van der Waals surface area contributed by atoms with Crippen molar-refractivity contribution in [3.8, 4) is 12.3 Å². The monoisotopic (exact) mass is 650 g/mol. The van der Waals surface area contributed by atoms with Gasteiger partial charge in [0, 0.05) is 43.9 Å². The number of carbonyl (C=O) groups is 2. The summed E-state index contributed by atoms with van der Waals surface area (Å²) in [5, 5.41) is 16.3. The number of carbonyl (C=O) groups excluding carboxylic acids is 2. The van der Waals surface area contributed by atoms with Crippen LogP contribution in [0.3, 0.4) is 0 Å². The first-order valence-corrected chi connectivity index (χ1v) is 19.7. The van der Waals surface area contributed by atoms with E-state index in [1.807, 2.05) is 11.8 Å². The third-order valence-corrected chi connectivity index (χ3v) is 11.7. The molecule has 258 valence electrons. The molecule has 0 heterocycles. The lowest BCUT2D eigenvalue weighted by Gasteiger charge is -2.37. The van der Waals surface area contributed by atoms with E-state index < -0.39 is 28.1 Å². The highest BCUT2D eigenvalue weighted by atomic mass is 32.2. The molecule has 0 aromatic carbocycles. The molecule has 10 heteroatoms. The molecule has 5 unspecified atom stereocenters. The van der Waals surface area contributed by atoms with Crippen molar-refractivity contribution in [3.63, 3.8) is 0 Å². The molecule has 3 saturated carbocycles. The molecule has 3 fully saturated rings. The molecule has 5 atom stereocenters. The number of rotatable bonds is 17. The maximum atomic E-state index is 13.9. The van der Waals surface area contributed by atoms with Gasteiger partial charge < -0.3 is 15.3 Å². The highest BCUT2D eigenvalue weighted by Gasteiger charge is 2.39. The summed E-state index contributed by atoms with van der Waals surface area (Å²) in [6, 6.07) is -0.519. The molecule has 0 aliphatic heterocycles. The molecular weight excluding hydrogens is 588 g/mol. The number of likely N-dealkylation sites (N-methyl/N-ethyl adjacent to an activating group) is 1. The van der Waals surface area contributed by atoms with Gasteiger partial charge in [0.15, 0.2) is 0 Å². The Labute approximate surface area is 274 Å². The molecule has 3 rings (SSSR count). The summed E-state index contributed by atoms with van der Waals surface area (Å²) in [6.07, 6.45) is 19.7. The van der Waals surface area contributed by atoms with Gasteiger partial charge in [-0.2, -0.15) is 0 Å². The van der Waals surface area contributed by atoms with E-state index in [4.69, 9.17) is 6.42 Å². The van der Waals surface area contributed by atoms with Crippen molar-refractivity contribution in [2.45, 2.75) is 136 Å². The lowest BCUT2D eigenvalue weighted by Crippen LogP contribution is -2.54. The van der Waals surface area contributed by atoms with Crippen LogP contribution in [0, 0.1) is 41.9 Å². The van der Waals surface area contributed by atoms with Gasteiger partial charge in [0.05, 0.1) is 17.9 Å². The molecule has 0 aromatic rings. The van der Waals surface area contributed by atoms with Crippen molar-refractivity contribution in [1.82, 2.24) is 20.1 Å². The van der Waals surface area contributed by atoms with Crippen LogP contribution < -0.4 is 10.1 Å². The van der Waals surface area contributed by atoms with Gasteiger partial charge in [-0.3, -0.25) is 9.59 Å². The Morgan fingerprint density at radius 2 is 1.47 bits per heavy atom. The Hall–Kier alpha value is -1.67. The van der Waals surface area contributed by atoms with Gasteiger partial charge in [0.25, 0.3) is 0 Å². The molecule has 2 amide bonds. The number of nitrogens with zero attached hydrogens (tertiary/aromatic N) is 2. The van der Waals surface area contributed by atoms with E-state index in [-0.39, 0.29) is 41.9 Å². The molecule has 3 aliphatic carbocycles. The van der Waals surface area contributed by atoms with Crippen LogP contribution in [0.5, 0.6) is 0 Å². The van der Waals surface area contributed by atoms with E-state index in [1.165, 1.54) is 12.8 Å². The maximum Gasteiger partial charge on any atom is 0.225 e. The highest BCUT2D eigenvalue weighted by Crippen LogP contribution is 2.35. The fourth-order valence-electron chi connectivity index (χ4n) is 7.88. The minimum Gasteiger partial charge on any atom is -0.390 e. The summed E-state index contributed by atoms with van der Waals surface area (Å²) in [6.45, 7) is 7.88. The quantitative estimate of drug-likeness (QED) is 0.153. The van der Waals surface area contributed by atoms with Gasteiger partial charge in [0.1, 0.15) is 0 Å². The van der Waals surface area contributed by atoms with Crippen LogP contribution in [0.1, 0.15) is 124 Å². The average Bonchev–Trinajstić information content (AvgIpc) is 3.03. The smallest absolute Gasteiger partial charge is 0.225 e. The van der Waals surface area contributed by atoms with Crippen molar-refractivity contribution in [3.05, 3.63) is 0 Å². The van der Waals surface area contributed by atoms with Crippen LogP contribution >= 0.6 is 0 Å². The predicted molar refractivity (Wildman–Crippen MR) is 180 cm³/mol. The second-order valence-electron chi connectivity index (χ2n) is 14.1. The number of sulfonamides is 1. The standard InChI is InChI=1S/C35H62N4O5S/c1-5-19-38(20-6-2)35(42)31-22-27(7-3)21-30(24-31)34(41)36-32(23-28-15-11-9-12-16-28)33(40)25-39(8-4)37-45(43,44)26-29-17-13-10-14-18-29/h3,27-33,37,40H,5-6,8-26H2,1-2,4H3,(H,36,41). The lowest BCUT2D eigenvalue weighted by molar-refractivity contribution is -0.139. The summed E-state index contributed by atoms with van der Waals surface area (Å²) >= 11 is 0. The first-order chi connectivity index (χ1) is 21.6. The van der Waals surface area contributed by atoms with Gasteiger partial charge in [-0.05, 0) is 63.2 Å². The third-order valence-electron chi connectivity index (χ3n) is 10.3. The topological polar surface area (TPSA) is 119 Å². The van der Waals surface area contributed by atoms with E-state index in [9.17, 15) is 23.1 Å². The van der Waals surface area contributed by atoms with E-state index in [0.717, 1.165) is 64.2 Å². The van der Waals surface area contributed by atoms with Gasteiger partial charge in [-0.15, -0.1) is 17.2 Å². The summed E-state index contributed by atoms with van der Waals surface area (Å²) in [5.74, 6) is 2.59. The first kappa shape index (κ1) is 37.8. The molecule has 3 aliphatic rings. The minimum atomic E-state index is -3.55. The zero-order chi connectivity index (χ0) is 32.8. The molecule has 45 heavy (non-hydrogen) atoms. The highest BCUT2D eigenvalue weighted by molar-refractivity contribution is 7.89. The van der Waals surface area contributed by atoms with E-state index in [2.05, 4.69) is 29.9 Å². The number of terminal acetylenes is 1. The molecule has 3 N–H and O–H groups in total. The van der Waals surface area contributed by atoms with Gasteiger partial charge in [-0.25, -0.2) is 13.4 Å². The molecule has 0 saturated heterocycles. The molecular formula is C35H62N4O5S. The SMILES string of the molecule is C#CC1CC(C(=O)NC(CC2CCCCC2)C(O)CN(CC)NS(=O)(=O)CC2CCCCC2)CC(C(=O)N(CCC)CCC)C1. The fourth-order valence-corrected chi connectivity index (χ4v) is 9.50. The Balaban J connectivity index is 1.70. The fraction of sp³-hybridized carbons (Fsp3) is 0.886. The van der Waals surface area contributed by atoms with Crippen molar-refractivity contribution >= 4 is 21.8 Å². The number of nitrogens with one attached hydrogen (secondary N) is 2. The second-order valence-corrected chi connectivity index (χ2v) is 15.9. The van der Waals surface area contributed by atoms with Crippen LogP contribution in [0.2, 0.25) is 0 Å². The average molecular weight is 651 g/mol. The van der Waals surface area contributed by atoms with Crippen LogP contribution in [0.4, 0.5) is 0 Å². The predicted octanol–water partition coefficient (Wildman–Crippen LogP) is 4.85. The van der Waals surface area contributed by atoms with Gasteiger partial charge in [0.2, 0.25) is 21.8 Å². The molecule has 0 aromatic heterocycles. The summed E-state index contributed by atoms with van der Waals surface area (Å²) in [4.78, 5) is 32.0. The molecule has 0 radical (unpaired) electrons. The summed E-state index contributed by atoms with van der Waals surface area (Å²) in [5.41, 5.74) is 0. The van der Waals surface area contributed by atoms with Gasteiger partial charge >= 0.3 is 0 Å². The number of amides is 2. The normalized spacial score (nSPS) is 24.9. The first-order valence-electron chi connectivity index (χ1n) is 18.1. The lowest BCUT2D eigenvalue weighted by atomic mass is 9.74. The van der Waals surface area contributed by atoms with Crippen LogP contribution in [-0.2, 0) is 19.6 Å². The van der Waals surface area contributed by atoms with Crippen LogP contribution in [-0.4, -0.2) is 79.3 Å². The second kappa shape index (κ2) is 19.2. The summed E-state index contributed by atoms with van der Waals surface area (Å²) in [7, 11) is -3.55. The number of hydrogen-bond acceptors (Lipinski definition) is 6. The Morgan fingerprint density at radius 3 is 2.02 bits per heavy atom. The third kappa shape index (κ3) is 12.5. The largest absolute Gasteiger partial charge is 0.390 e. The molecule has 0 spiro atoms. The van der Waals surface area contributed by atoms with E-state index >= 15 is 0 Å². The minimum absolute atomic E-state index is 0.0832. The molecule has 9 nitrogen and oxygen atoms in total. The number of aliphatic hydroxyl groups excluding tert-OH is 1. The maximum absolute atomic E-state index is 13.9. The molecule has 0 bridgehead atoms. The number of aliphatic hydroxyl groups is 1. The van der Waals surface area contributed by atoms with E-state index in [1.54, 1.807) is 5.01 Å². The van der Waals surface area contributed by atoms with Crippen molar-refractivity contribution in [2.75, 3.05) is 31.9 Å². The van der Waals surface area contributed by atoms with Crippen molar-refractivity contribution < 1.29 is 23.1 Å². The Bertz CT molecular complexity index is 1040. The van der Waals surface area contributed by atoms with Gasteiger partial charge in [-0.1, -0.05) is 72.1 Å². The zero-order valence-electron chi connectivity index (χ0n) is 28.4. The Morgan fingerprint density at radius 1 is 0.889 bits per heavy atom. The Kier molecular flexibility index (Phi) is 16.1. The summed E-state index contributed by atoms with van der Waals surface area (Å²) < 4.78 is 26.1. The number of hydrogen-bond donors (Lipinski definition) is 3. The number of hydrazine groups is 1. The van der Waals surface area contributed by atoms with E-state index in [0.29, 0.717) is 51.2 Å². The van der Waals surface area contributed by atoms with Crippen LogP contribution in [0.25, 0.3) is 0 Å². The van der Waals surface area contributed by atoms with Crippen LogP contribution in [0.15, 0.2) is 0 Å².